The van der Waals surface area contributed by atoms with Gasteiger partial charge >= 0.3 is 0 Å². The van der Waals surface area contributed by atoms with Gasteiger partial charge in [-0.25, -0.2) is 0 Å². The number of carbonyl (C=O) groups is 1. The molecule has 1 heterocycles. The number of carbonyl (C=O) groups excluding carboxylic acids is 1. The highest BCUT2D eigenvalue weighted by molar-refractivity contribution is 5.93. The van der Waals surface area contributed by atoms with Gasteiger partial charge in [0, 0.05) is 29.3 Å². The molecule has 1 aromatic heterocycles. The summed E-state index contributed by atoms with van der Waals surface area (Å²) in [5.41, 5.74) is 7.49. The number of hydrogen-bond acceptors (Lipinski definition) is 3. The summed E-state index contributed by atoms with van der Waals surface area (Å²) in [6, 6.07) is 10.7. The zero-order valence-electron chi connectivity index (χ0n) is 8.55. The van der Waals surface area contributed by atoms with E-state index in [-0.39, 0.29) is 0 Å². The molecular formula is C12H11N3O. The van der Waals surface area contributed by atoms with Crippen molar-refractivity contribution in [1.29, 1.82) is 0 Å². The Hall–Kier alpha value is -2.36. The molecule has 0 aliphatic heterocycles. The van der Waals surface area contributed by atoms with Crippen LogP contribution in [-0.2, 0) is 0 Å². The number of hydrogen-bond donors (Lipinski definition) is 2. The van der Waals surface area contributed by atoms with Gasteiger partial charge in [0.1, 0.15) is 0 Å². The van der Waals surface area contributed by atoms with Gasteiger partial charge in [0.05, 0.1) is 0 Å². The van der Waals surface area contributed by atoms with Crippen LogP contribution in [0.2, 0.25) is 0 Å². The minimum atomic E-state index is -0.421. The van der Waals surface area contributed by atoms with Gasteiger partial charge < -0.3 is 11.1 Å². The molecule has 1 amide bonds. The monoisotopic (exact) mass is 213 g/mol. The van der Waals surface area contributed by atoms with E-state index in [2.05, 4.69) is 10.3 Å². The highest BCUT2D eigenvalue weighted by Gasteiger charge is 1.99. The van der Waals surface area contributed by atoms with E-state index in [9.17, 15) is 4.79 Å². The third-order valence-electron chi connectivity index (χ3n) is 2.14. The van der Waals surface area contributed by atoms with Crippen molar-refractivity contribution >= 4 is 17.3 Å². The topological polar surface area (TPSA) is 68.0 Å². The van der Waals surface area contributed by atoms with Gasteiger partial charge in [-0.05, 0) is 36.4 Å². The van der Waals surface area contributed by atoms with E-state index in [0.29, 0.717) is 5.56 Å². The Morgan fingerprint density at radius 1 is 1.00 bits per heavy atom. The van der Waals surface area contributed by atoms with Crippen LogP contribution in [0.15, 0.2) is 48.8 Å². The quantitative estimate of drug-likeness (QED) is 0.818. The third-order valence-corrected chi connectivity index (χ3v) is 2.14. The van der Waals surface area contributed by atoms with Gasteiger partial charge in [0.2, 0.25) is 5.91 Å². The van der Waals surface area contributed by atoms with Crippen LogP contribution in [-0.4, -0.2) is 10.9 Å². The Balaban J connectivity index is 2.14. The van der Waals surface area contributed by atoms with E-state index in [1.54, 1.807) is 36.7 Å². The fourth-order valence-corrected chi connectivity index (χ4v) is 1.32. The summed E-state index contributed by atoms with van der Waals surface area (Å²) < 4.78 is 0. The highest BCUT2D eigenvalue weighted by atomic mass is 16.1. The molecule has 0 unspecified atom stereocenters. The van der Waals surface area contributed by atoms with Crippen LogP contribution in [0.25, 0.3) is 0 Å². The van der Waals surface area contributed by atoms with Crippen molar-refractivity contribution in [3.8, 4) is 0 Å². The summed E-state index contributed by atoms with van der Waals surface area (Å²) >= 11 is 0. The zero-order chi connectivity index (χ0) is 11.4. The number of aromatic nitrogens is 1. The number of rotatable bonds is 3. The third kappa shape index (κ3) is 2.36. The highest BCUT2D eigenvalue weighted by Crippen LogP contribution is 2.15. The Labute approximate surface area is 93.1 Å². The molecule has 0 atom stereocenters. The lowest BCUT2D eigenvalue weighted by atomic mass is 10.2. The van der Waals surface area contributed by atoms with Crippen LogP contribution >= 0.6 is 0 Å². The molecule has 2 rings (SSSR count). The molecule has 0 bridgehead atoms. The van der Waals surface area contributed by atoms with Gasteiger partial charge in [-0.3, -0.25) is 9.78 Å². The van der Waals surface area contributed by atoms with Crippen molar-refractivity contribution in [2.45, 2.75) is 0 Å². The summed E-state index contributed by atoms with van der Waals surface area (Å²) in [4.78, 5) is 14.8. The Morgan fingerprint density at radius 3 is 2.12 bits per heavy atom. The van der Waals surface area contributed by atoms with Crippen molar-refractivity contribution < 1.29 is 4.79 Å². The molecule has 16 heavy (non-hydrogen) atoms. The molecule has 2 aromatic rings. The van der Waals surface area contributed by atoms with E-state index in [0.717, 1.165) is 11.4 Å². The SMILES string of the molecule is NC(=O)c1ccc(Nc2ccncc2)cc1. The minimum absolute atomic E-state index is 0.421. The second-order valence-electron chi connectivity index (χ2n) is 3.30. The average Bonchev–Trinajstić information content (AvgIpc) is 2.31. The Bertz CT molecular complexity index is 479. The second kappa shape index (κ2) is 4.44. The summed E-state index contributed by atoms with van der Waals surface area (Å²) in [5.74, 6) is -0.421. The molecule has 0 aliphatic rings. The second-order valence-corrected chi connectivity index (χ2v) is 3.30. The fraction of sp³-hybridized carbons (Fsp3) is 0. The number of primary amides is 1. The maximum absolute atomic E-state index is 10.9. The van der Waals surface area contributed by atoms with Gasteiger partial charge in [0.25, 0.3) is 0 Å². The Morgan fingerprint density at radius 2 is 1.56 bits per heavy atom. The van der Waals surface area contributed by atoms with E-state index >= 15 is 0 Å². The molecule has 4 nitrogen and oxygen atoms in total. The predicted octanol–water partition coefficient (Wildman–Crippen LogP) is 1.92. The molecule has 0 aliphatic carbocycles. The largest absolute Gasteiger partial charge is 0.366 e. The summed E-state index contributed by atoms with van der Waals surface area (Å²) in [6.45, 7) is 0. The molecule has 80 valence electrons. The standard InChI is InChI=1S/C12H11N3O/c13-12(16)9-1-3-10(4-2-9)15-11-5-7-14-8-6-11/h1-8H,(H2,13,16)(H,14,15). The first-order valence-corrected chi connectivity index (χ1v) is 4.82. The summed E-state index contributed by atoms with van der Waals surface area (Å²) in [7, 11) is 0. The summed E-state index contributed by atoms with van der Waals surface area (Å²) in [5, 5.41) is 3.18. The average molecular weight is 213 g/mol. The molecule has 0 radical (unpaired) electrons. The number of pyridine rings is 1. The molecule has 1 aromatic carbocycles. The predicted molar refractivity (Wildman–Crippen MR) is 62.5 cm³/mol. The van der Waals surface area contributed by atoms with Gasteiger partial charge in [0.15, 0.2) is 0 Å². The lowest BCUT2D eigenvalue weighted by Gasteiger charge is -2.05. The van der Waals surface area contributed by atoms with E-state index < -0.39 is 5.91 Å². The molecule has 0 saturated carbocycles. The van der Waals surface area contributed by atoms with Gasteiger partial charge in [-0.1, -0.05) is 0 Å². The van der Waals surface area contributed by atoms with Crippen LogP contribution in [0.5, 0.6) is 0 Å². The van der Waals surface area contributed by atoms with E-state index in [1.165, 1.54) is 0 Å². The van der Waals surface area contributed by atoms with Gasteiger partial charge in [-0.15, -0.1) is 0 Å². The molecular weight excluding hydrogens is 202 g/mol. The Kier molecular flexibility index (Phi) is 2.82. The molecule has 0 saturated heterocycles. The van der Waals surface area contributed by atoms with Crippen LogP contribution in [0.1, 0.15) is 10.4 Å². The first-order chi connectivity index (χ1) is 7.75. The van der Waals surface area contributed by atoms with Crippen molar-refractivity contribution in [3.63, 3.8) is 0 Å². The van der Waals surface area contributed by atoms with E-state index in [1.807, 2.05) is 12.1 Å². The lowest BCUT2D eigenvalue weighted by molar-refractivity contribution is 0.100. The normalized spacial score (nSPS) is 9.75. The maximum Gasteiger partial charge on any atom is 0.248 e. The lowest BCUT2D eigenvalue weighted by Crippen LogP contribution is -2.10. The number of nitrogens with one attached hydrogen (secondary N) is 1. The first kappa shape index (κ1) is 10.2. The number of anilines is 2. The van der Waals surface area contributed by atoms with Crippen molar-refractivity contribution in [2.24, 2.45) is 5.73 Å². The van der Waals surface area contributed by atoms with Crippen LogP contribution < -0.4 is 11.1 Å². The van der Waals surface area contributed by atoms with E-state index in [4.69, 9.17) is 5.73 Å². The van der Waals surface area contributed by atoms with Crippen molar-refractivity contribution in [1.82, 2.24) is 4.98 Å². The number of nitrogens with zero attached hydrogens (tertiary/aromatic N) is 1. The zero-order valence-corrected chi connectivity index (χ0v) is 8.55. The fourth-order valence-electron chi connectivity index (χ4n) is 1.32. The first-order valence-electron chi connectivity index (χ1n) is 4.82. The molecule has 4 heteroatoms. The van der Waals surface area contributed by atoms with Crippen LogP contribution in [0.3, 0.4) is 0 Å². The molecule has 3 N–H and O–H groups in total. The van der Waals surface area contributed by atoms with Crippen LogP contribution in [0, 0.1) is 0 Å². The number of nitrogens with two attached hydrogens (primary N) is 1. The van der Waals surface area contributed by atoms with Gasteiger partial charge in [-0.2, -0.15) is 0 Å². The maximum atomic E-state index is 10.9. The van der Waals surface area contributed by atoms with Crippen molar-refractivity contribution in [3.05, 3.63) is 54.4 Å². The number of amides is 1. The molecule has 0 spiro atoms. The smallest absolute Gasteiger partial charge is 0.248 e. The molecule has 0 fully saturated rings. The van der Waals surface area contributed by atoms with Crippen molar-refractivity contribution in [2.75, 3.05) is 5.32 Å². The minimum Gasteiger partial charge on any atom is -0.366 e. The van der Waals surface area contributed by atoms with Crippen LogP contribution in [0.4, 0.5) is 11.4 Å². The number of benzene rings is 1. The summed E-state index contributed by atoms with van der Waals surface area (Å²) in [6.07, 6.45) is 3.42.